The van der Waals surface area contributed by atoms with Crippen molar-refractivity contribution < 1.29 is 9.59 Å². The minimum absolute atomic E-state index is 0.00828. The van der Waals surface area contributed by atoms with Gasteiger partial charge in [-0.15, -0.1) is 11.8 Å². The molecule has 1 aromatic carbocycles. The second kappa shape index (κ2) is 10.2. The Morgan fingerprint density at radius 1 is 1.27 bits per heavy atom. The van der Waals surface area contributed by atoms with Crippen LogP contribution in [0, 0.1) is 5.92 Å². The molecule has 2 atom stereocenters. The monoisotopic (exact) mass is 396 g/mol. The Morgan fingerprint density at radius 2 is 2.00 bits per heavy atom. The molecule has 1 aliphatic rings. The first kappa shape index (κ1) is 21.1. The van der Waals surface area contributed by atoms with Crippen molar-refractivity contribution >= 4 is 35.2 Å². The SMILES string of the molecule is CCCCCCNC(=O)[C@H]1CS[C@H](c2ccccc2Cl)N1C(=O)C(C)C. The number of carbonyl (C=O) groups is 2. The molecular formula is C20H29ClN2O2S. The zero-order valence-electron chi connectivity index (χ0n) is 15.8. The van der Waals surface area contributed by atoms with Gasteiger partial charge in [0.05, 0.1) is 0 Å². The number of thioether (sulfide) groups is 1. The predicted molar refractivity (Wildman–Crippen MR) is 109 cm³/mol. The fraction of sp³-hybridized carbons (Fsp3) is 0.600. The third-order valence-electron chi connectivity index (χ3n) is 4.55. The molecule has 0 bridgehead atoms. The first-order valence-electron chi connectivity index (χ1n) is 9.43. The molecule has 1 aliphatic heterocycles. The molecule has 1 fully saturated rings. The maximum Gasteiger partial charge on any atom is 0.243 e. The van der Waals surface area contributed by atoms with Gasteiger partial charge in [-0.3, -0.25) is 9.59 Å². The molecule has 0 spiro atoms. The number of nitrogens with one attached hydrogen (secondary N) is 1. The summed E-state index contributed by atoms with van der Waals surface area (Å²) in [7, 11) is 0. The van der Waals surface area contributed by atoms with Crippen molar-refractivity contribution in [2.45, 2.75) is 57.9 Å². The third-order valence-corrected chi connectivity index (χ3v) is 6.20. The zero-order valence-corrected chi connectivity index (χ0v) is 17.4. The zero-order chi connectivity index (χ0) is 19.1. The lowest BCUT2D eigenvalue weighted by molar-refractivity contribution is -0.142. The summed E-state index contributed by atoms with van der Waals surface area (Å²) in [6.45, 7) is 6.57. The standard InChI is InChI=1S/C20H29ClN2O2S/c1-4-5-6-9-12-22-18(24)17-13-26-20(23(17)19(25)14(2)3)15-10-7-8-11-16(15)21/h7-8,10-11,14,17,20H,4-6,9,12-13H2,1-3H3,(H,22,24)/t17-,20-/m1/s1. The van der Waals surface area contributed by atoms with Gasteiger partial charge in [-0.05, 0) is 12.5 Å². The smallest absolute Gasteiger partial charge is 0.243 e. The lowest BCUT2D eigenvalue weighted by atomic mass is 10.1. The van der Waals surface area contributed by atoms with E-state index >= 15 is 0 Å². The minimum atomic E-state index is -0.442. The summed E-state index contributed by atoms with van der Waals surface area (Å²) in [5.41, 5.74) is 0.895. The number of rotatable bonds is 8. The van der Waals surface area contributed by atoms with Gasteiger partial charge in [0, 0.05) is 28.8 Å². The highest BCUT2D eigenvalue weighted by atomic mass is 35.5. The van der Waals surface area contributed by atoms with Crippen molar-refractivity contribution in [3.05, 3.63) is 34.9 Å². The second-order valence-corrected chi connectivity index (χ2v) is 8.50. The third kappa shape index (κ3) is 5.17. The predicted octanol–water partition coefficient (Wildman–Crippen LogP) is 4.64. The summed E-state index contributed by atoms with van der Waals surface area (Å²) < 4.78 is 0. The second-order valence-electron chi connectivity index (χ2n) is 6.97. The molecule has 0 unspecified atom stereocenters. The van der Waals surface area contributed by atoms with Crippen molar-refractivity contribution in [3.63, 3.8) is 0 Å². The molecule has 4 nitrogen and oxygen atoms in total. The molecule has 0 aromatic heterocycles. The van der Waals surface area contributed by atoms with Crippen LogP contribution in [-0.4, -0.2) is 35.1 Å². The van der Waals surface area contributed by atoms with Gasteiger partial charge in [-0.2, -0.15) is 0 Å². The van der Waals surface area contributed by atoms with E-state index in [-0.39, 0.29) is 23.1 Å². The Morgan fingerprint density at radius 3 is 2.65 bits per heavy atom. The number of unbranched alkanes of at least 4 members (excludes halogenated alkanes) is 3. The lowest BCUT2D eigenvalue weighted by Gasteiger charge is -2.31. The topological polar surface area (TPSA) is 49.4 Å². The van der Waals surface area contributed by atoms with Gasteiger partial charge in [-0.25, -0.2) is 0 Å². The van der Waals surface area contributed by atoms with Crippen LogP contribution in [0.4, 0.5) is 0 Å². The average Bonchev–Trinajstić information content (AvgIpc) is 3.05. The van der Waals surface area contributed by atoms with Crippen molar-refractivity contribution in [3.8, 4) is 0 Å². The largest absolute Gasteiger partial charge is 0.354 e. The van der Waals surface area contributed by atoms with Gasteiger partial charge < -0.3 is 10.2 Å². The Kier molecular flexibility index (Phi) is 8.29. The Bertz CT molecular complexity index is 624. The van der Waals surface area contributed by atoms with Crippen LogP contribution in [0.1, 0.15) is 57.4 Å². The highest BCUT2D eigenvalue weighted by molar-refractivity contribution is 7.99. The van der Waals surface area contributed by atoms with Gasteiger partial charge in [-0.1, -0.05) is 69.8 Å². The maximum atomic E-state index is 12.9. The van der Waals surface area contributed by atoms with Crippen LogP contribution in [0.5, 0.6) is 0 Å². The van der Waals surface area contributed by atoms with Gasteiger partial charge >= 0.3 is 0 Å². The quantitative estimate of drug-likeness (QED) is 0.651. The molecule has 1 saturated heterocycles. The van der Waals surface area contributed by atoms with Crippen LogP contribution in [-0.2, 0) is 9.59 Å². The van der Waals surface area contributed by atoms with Crippen molar-refractivity contribution in [2.24, 2.45) is 5.92 Å². The van der Waals surface area contributed by atoms with Crippen molar-refractivity contribution in [2.75, 3.05) is 12.3 Å². The highest BCUT2D eigenvalue weighted by Gasteiger charge is 2.43. The van der Waals surface area contributed by atoms with Crippen molar-refractivity contribution in [1.82, 2.24) is 10.2 Å². The minimum Gasteiger partial charge on any atom is -0.354 e. The summed E-state index contributed by atoms with van der Waals surface area (Å²) >= 11 is 7.97. The lowest BCUT2D eigenvalue weighted by Crippen LogP contribution is -2.49. The summed E-state index contributed by atoms with van der Waals surface area (Å²) in [5.74, 6) is 0.358. The van der Waals surface area contributed by atoms with E-state index in [2.05, 4.69) is 12.2 Å². The number of halogens is 1. The molecule has 144 valence electrons. The average molecular weight is 397 g/mol. The van der Waals surface area contributed by atoms with Gasteiger partial charge in [0.2, 0.25) is 11.8 Å². The van der Waals surface area contributed by atoms with E-state index < -0.39 is 6.04 Å². The molecule has 26 heavy (non-hydrogen) atoms. The summed E-state index contributed by atoms with van der Waals surface area (Å²) in [5, 5.41) is 3.43. The number of hydrogen-bond donors (Lipinski definition) is 1. The van der Waals surface area contributed by atoms with E-state index in [1.165, 1.54) is 12.8 Å². The van der Waals surface area contributed by atoms with Gasteiger partial charge in [0.1, 0.15) is 11.4 Å². The molecule has 1 N–H and O–H groups in total. The number of amides is 2. The van der Waals surface area contributed by atoms with E-state index in [0.717, 1.165) is 18.4 Å². The fourth-order valence-corrected chi connectivity index (χ4v) is 4.85. The van der Waals surface area contributed by atoms with Crippen LogP contribution >= 0.6 is 23.4 Å². The highest BCUT2D eigenvalue weighted by Crippen LogP contribution is 2.44. The van der Waals surface area contributed by atoms with Crippen LogP contribution in [0.15, 0.2) is 24.3 Å². The summed E-state index contributed by atoms with van der Waals surface area (Å²) in [6.07, 6.45) is 4.45. The molecule has 1 aromatic rings. The van der Waals surface area contributed by atoms with Crippen molar-refractivity contribution in [1.29, 1.82) is 0 Å². The van der Waals surface area contributed by atoms with Crippen LogP contribution in [0.3, 0.4) is 0 Å². The molecule has 2 rings (SSSR count). The number of hydrogen-bond acceptors (Lipinski definition) is 3. The van der Waals surface area contributed by atoms with Gasteiger partial charge in [0.15, 0.2) is 0 Å². The molecule has 6 heteroatoms. The number of benzene rings is 1. The Hall–Kier alpha value is -1.20. The van der Waals surface area contributed by atoms with Crippen LogP contribution < -0.4 is 5.32 Å². The van der Waals surface area contributed by atoms with E-state index in [4.69, 9.17) is 11.6 Å². The van der Waals surface area contributed by atoms with Crippen LogP contribution in [0.25, 0.3) is 0 Å². The van der Waals surface area contributed by atoms with E-state index in [9.17, 15) is 9.59 Å². The Labute approximate surface area is 166 Å². The molecular weight excluding hydrogens is 368 g/mol. The summed E-state index contributed by atoms with van der Waals surface area (Å²) in [4.78, 5) is 27.3. The molecule has 0 radical (unpaired) electrons. The normalized spacial score (nSPS) is 19.8. The molecule has 2 amide bonds. The van der Waals surface area contributed by atoms with Gasteiger partial charge in [0.25, 0.3) is 0 Å². The molecule has 0 saturated carbocycles. The number of nitrogens with zero attached hydrogens (tertiary/aromatic N) is 1. The number of carbonyl (C=O) groups excluding carboxylic acids is 2. The maximum absolute atomic E-state index is 12.9. The van der Waals surface area contributed by atoms with E-state index in [1.807, 2.05) is 38.1 Å². The Balaban J connectivity index is 2.12. The molecule has 1 heterocycles. The fourth-order valence-electron chi connectivity index (χ4n) is 3.07. The first-order valence-corrected chi connectivity index (χ1v) is 10.9. The first-order chi connectivity index (χ1) is 12.5. The molecule has 0 aliphatic carbocycles. The van der Waals surface area contributed by atoms with E-state index in [0.29, 0.717) is 17.3 Å². The van der Waals surface area contributed by atoms with Crippen LogP contribution in [0.2, 0.25) is 5.02 Å². The summed E-state index contributed by atoms with van der Waals surface area (Å²) in [6, 6.07) is 7.12. The van der Waals surface area contributed by atoms with E-state index in [1.54, 1.807) is 16.7 Å².